The summed E-state index contributed by atoms with van der Waals surface area (Å²) in [6.45, 7) is 5.90. The van der Waals surface area contributed by atoms with Crippen LogP contribution >= 0.6 is 11.3 Å². The molecular weight excluding hydrogens is 216 g/mol. The lowest BCUT2D eigenvalue weighted by atomic mass is 10.1. The van der Waals surface area contributed by atoms with Gasteiger partial charge in [-0.2, -0.15) is 0 Å². The highest BCUT2D eigenvalue weighted by Gasteiger charge is 2.03. The third-order valence-corrected chi connectivity index (χ3v) is 3.67. The van der Waals surface area contributed by atoms with Crippen LogP contribution < -0.4 is 11.1 Å². The molecule has 0 unspecified atom stereocenters. The Labute approximate surface area is 100 Å². The molecule has 2 aromatic rings. The third-order valence-electron chi connectivity index (χ3n) is 2.55. The number of hydrogen-bond donors (Lipinski definition) is 2. The van der Waals surface area contributed by atoms with Gasteiger partial charge in [0.25, 0.3) is 0 Å². The maximum absolute atomic E-state index is 5.64. The van der Waals surface area contributed by atoms with E-state index >= 15 is 0 Å². The Hall–Kier alpha value is -0.900. The molecule has 0 fully saturated rings. The van der Waals surface area contributed by atoms with Crippen LogP contribution in [0.25, 0.3) is 10.1 Å². The van der Waals surface area contributed by atoms with Gasteiger partial charge in [-0.25, -0.2) is 0 Å². The van der Waals surface area contributed by atoms with Crippen molar-refractivity contribution < 1.29 is 0 Å². The molecule has 1 heterocycles. The average molecular weight is 234 g/mol. The van der Waals surface area contributed by atoms with E-state index in [2.05, 4.69) is 43.4 Å². The lowest BCUT2D eigenvalue weighted by molar-refractivity contribution is 0.593. The molecule has 0 aliphatic carbocycles. The molecular formula is C13H18N2S. The molecule has 16 heavy (non-hydrogen) atoms. The van der Waals surface area contributed by atoms with Crippen molar-refractivity contribution >= 4 is 21.4 Å². The maximum atomic E-state index is 5.64. The minimum Gasteiger partial charge on any atom is -0.326 e. The number of hydrogen-bond acceptors (Lipinski definition) is 3. The normalized spacial score (nSPS) is 11.5. The van der Waals surface area contributed by atoms with E-state index in [-0.39, 0.29) is 0 Å². The van der Waals surface area contributed by atoms with E-state index in [0.29, 0.717) is 12.6 Å². The summed E-state index contributed by atoms with van der Waals surface area (Å²) in [5.74, 6) is 0. The predicted molar refractivity (Wildman–Crippen MR) is 71.7 cm³/mol. The van der Waals surface area contributed by atoms with Gasteiger partial charge in [0.1, 0.15) is 0 Å². The monoisotopic (exact) mass is 234 g/mol. The van der Waals surface area contributed by atoms with Crippen molar-refractivity contribution in [3.8, 4) is 0 Å². The van der Waals surface area contributed by atoms with Crippen LogP contribution in [0.5, 0.6) is 0 Å². The molecule has 0 amide bonds. The number of fused-ring (bicyclic) bond motifs is 1. The molecule has 1 aromatic carbocycles. The zero-order valence-electron chi connectivity index (χ0n) is 9.79. The lowest BCUT2D eigenvalue weighted by Gasteiger charge is -2.04. The van der Waals surface area contributed by atoms with Crippen molar-refractivity contribution in [3.05, 3.63) is 34.7 Å². The molecule has 2 nitrogen and oxygen atoms in total. The van der Waals surface area contributed by atoms with Gasteiger partial charge in [-0.1, -0.05) is 19.9 Å². The molecule has 0 aliphatic rings. The number of thiophene rings is 1. The second-order valence-electron chi connectivity index (χ2n) is 4.32. The SMILES string of the molecule is CC(C)NCc1cc2cc(CN)ccc2s1. The summed E-state index contributed by atoms with van der Waals surface area (Å²) in [4.78, 5) is 1.39. The first-order valence-corrected chi connectivity index (χ1v) is 6.45. The van der Waals surface area contributed by atoms with Crippen molar-refractivity contribution in [1.29, 1.82) is 0 Å². The Morgan fingerprint density at radius 2 is 2.12 bits per heavy atom. The van der Waals surface area contributed by atoms with Gasteiger partial charge in [-0.3, -0.25) is 0 Å². The first-order valence-electron chi connectivity index (χ1n) is 5.64. The van der Waals surface area contributed by atoms with Gasteiger partial charge in [-0.05, 0) is 29.1 Å². The van der Waals surface area contributed by atoms with Gasteiger partial charge in [0, 0.05) is 28.7 Å². The van der Waals surface area contributed by atoms with Gasteiger partial charge in [0.2, 0.25) is 0 Å². The van der Waals surface area contributed by atoms with Crippen LogP contribution in [0.3, 0.4) is 0 Å². The van der Waals surface area contributed by atoms with Gasteiger partial charge >= 0.3 is 0 Å². The first-order chi connectivity index (χ1) is 7.69. The molecule has 86 valence electrons. The Balaban J connectivity index is 2.22. The Morgan fingerprint density at radius 3 is 2.81 bits per heavy atom. The van der Waals surface area contributed by atoms with E-state index in [1.807, 2.05) is 11.3 Å². The van der Waals surface area contributed by atoms with E-state index in [1.54, 1.807) is 0 Å². The third kappa shape index (κ3) is 2.61. The van der Waals surface area contributed by atoms with Gasteiger partial charge in [0.15, 0.2) is 0 Å². The lowest BCUT2D eigenvalue weighted by Crippen LogP contribution is -2.21. The molecule has 0 bridgehead atoms. The maximum Gasteiger partial charge on any atom is 0.0346 e. The summed E-state index contributed by atoms with van der Waals surface area (Å²) >= 11 is 1.86. The summed E-state index contributed by atoms with van der Waals surface area (Å²) < 4.78 is 1.35. The summed E-state index contributed by atoms with van der Waals surface area (Å²) in [5.41, 5.74) is 6.84. The Kier molecular flexibility index (Phi) is 3.59. The fraction of sp³-hybridized carbons (Fsp3) is 0.385. The molecule has 1 aromatic heterocycles. The van der Waals surface area contributed by atoms with E-state index < -0.39 is 0 Å². The highest BCUT2D eigenvalue weighted by Crippen LogP contribution is 2.26. The Bertz CT molecular complexity index is 474. The van der Waals surface area contributed by atoms with Crippen LogP contribution in [0, 0.1) is 0 Å². The van der Waals surface area contributed by atoms with Crippen LogP contribution in [-0.4, -0.2) is 6.04 Å². The van der Waals surface area contributed by atoms with E-state index in [1.165, 1.54) is 20.5 Å². The second kappa shape index (κ2) is 4.95. The fourth-order valence-electron chi connectivity index (χ4n) is 1.67. The summed E-state index contributed by atoms with van der Waals surface area (Å²) in [7, 11) is 0. The van der Waals surface area contributed by atoms with Crippen LogP contribution in [0.4, 0.5) is 0 Å². The number of rotatable bonds is 4. The zero-order valence-corrected chi connectivity index (χ0v) is 10.6. The van der Waals surface area contributed by atoms with Crippen molar-refractivity contribution in [3.63, 3.8) is 0 Å². The molecule has 0 saturated carbocycles. The summed E-state index contributed by atoms with van der Waals surface area (Å²) in [6, 6.07) is 9.25. The van der Waals surface area contributed by atoms with E-state index in [0.717, 1.165) is 6.54 Å². The van der Waals surface area contributed by atoms with Crippen LogP contribution in [-0.2, 0) is 13.1 Å². The van der Waals surface area contributed by atoms with Gasteiger partial charge < -0.3 is 11.1 Å². The molecule has 0 spiro atoms. The number of benzene rings is 1. The smallest absolute Gasteiger partial charge is 0.0346 e. The van der Waals surface area contributed by atoms with Crippen LogP contribution in [0.15, 0.2) is 24.3 Å². The highest BCUT2D eigenvalue weighted by molar-refractivity contribution is 7.19. The predicted octanol–water partition coefficient (Wildman–Crippen LogP) is 2.86. The van der Waals surface area contributed by atoms with Crippen molar-refractivity contribution in [2.75, 3.05) is 0 Å². The number of nitrogens with one attached hydrogen (secondary N) is 1. The fourth-order valence-corrected chi connectivity index (χ4v) is 2.66. The standard InChI is InChI=1S/C13H18N2S/c1-9(2)15-8-12-6-11-5-10(7-14)3-4-13(11)16-12/h3-6,9,15H,7-8,14H2,1-2H3. The Morgan fingerprint density at radius 1 is 1.31 bits per heavy atom. The minimum absolute atomic E-state index is 0.532. The van der Waals surface area contributed by atoms with Crippen molar-refractivity contribution in [2.24, 2.45) is 5.73 Å². The van der Waals surface area contributed by atoms with Crippen molar-refractivity contribution in [2.45, 2.75) is 33.0 Å². The molecule has 0 saturated heterocycles. The second-order valence-corrected chi connectivity index (χ2v) is 5.49. The topological polar surface area (TPSA) is 38.0 Å². The first kappa shape index (κ1) is 11.6. The van der Waals surface area contributed by atoms with Gasteiger partial charge in [0.05, 0.1) is 0 Å². The summed E-state index contributed by atoms with van der Waals surface area (Å²) in [6.07, 6.45) is 0. The molecule has 2 rings (SSSR count). The largest absolute Gasteiger partial charge is 0.326 e. The van der Waals surface area contributed by atoms with Crippen molar-refractivity contribution in [1.82, 2.24) is 5.32 Å². The highest BCUT2D eigenvalue weighted by atomic mass is 32.1. The summed E-state index contributed by atoms with van der Waals surface area (Å²) in [5, 5.41) is 4.75. The number of nitrogens with two attached hydrogens (primary N) is 1. The minimum atomic E-state index is 0.532. The molecule has 0 atom stereocenters. The zero-order chi connectivity index (χ0) is 11.5. The molecule has 0 radical (unpaired) electrons. The molecule has 3 N–H and O–H groups in total. The quantitative estimate of drug-likeness (QED) is 0.853. The van der Waals surface area contributed by atoms with E-state index in [9.17, 15) is 0 Å². The average Bonchev–Trinajstić information content (AvgIpc) is 2.67. The van der Waals surface area contributed by atoms with Gasteiger partial charge in [-0.15, -0.1) is 11.3 Å². The van der Waals surface area contributed by atoms with Crippen LogP contribution in [0.2, 0.25) is 0 Å². The molecule has 0 aliphatic heterocycles. The van der Waals surface area contributed by atoms with Crippen LogP contribution in [0.1, 0.15) is 24.3 Å². The molecule has 3 heteroatoms. The van der Waals surface area contributed by atoms with E-state index in [4.69, 9.17) is 5.73 Å².